The summed E-state index contributed by atoms with van der Waals surface area (Å²) in [4.78, 5) is 34.0. The lowest BCUT2D eigenvalue weighted by atomic mass is 10.1. The van der Waals surface area contributed by atoms with Crippen LogP contribution in [0, 0.1) is 0 Å². The fourth-order valence-corrected chi connectivity index (χ4v) is 1.80. The number of benzene rings is 1. The number of ether oxygens (including phenoxy) is 2. The second-order valence-electron chi connectivity index (χ2n) is 4.37. The van der Waals surface area contributed by atoms with Gasteiger partial charge in [-0.25, -0.2) is 9.59 Å². The number of hydrogen-bond acceptors (Lipinski definition) is 6. The molecule has 22 heavy (non-hydrogen) atoms. The topological polar surface area (TPSA) is 82.8 Å². The third kappa shape index (κ3) is 3.82. The molecule has 0 amide bonds. The van der Waals surface area contributed by atoms with E-state index in [2.05, 4.69) is 0 Å². The second-order valence-corrected chi connectivity index (χ2v) is 4.37. The molecule has 6 heteroatoms. The van der Waals surface area contributed by atoms with Crippen LogP contribution in [-0.2, 0) is 14.3 Å². The Labute approximate surface area is 125 Å². The monoisotopic (exact) mass is 302 g/mol. The van der Waals surface area contributed by atoms with Gasteiger partial charge < -0.3 is 13.9 Å². The van der Waals surface area contributed by atoms with E-state index in [1.807, 2.05) is 0 Å². The molecule has 114 valence electrons. The molecule has 0 saturated heterocycles. The average molecular weight is 302 g/mol. The summed E-state index contributed by atoms with van der Waals surface area (Å²) in [7, 11) is 0. The maximum Gasteiger partial charge on any atom is 0.343 e. The van der Waals surface area contributed by atoms with Crippen LogP contribution in [0.5, 0.6) is 5.75 Å². The van der Waals surface area contributed by atoms with Gasteiger partial charge in [0.2, 0.25) is 0 Å². The van der Waals surface area contributed by atoms with Gasteiger partial charge in [0.1, 0.15) is 11.3 Å². The van der Waals surface area contributed by atoms with Gasteiger partial charge in [-0.1, -0.05) is 0 Å². The molecule has 0 aliphatic rings. The van der Waals surface area contributed by atoms with Crippen LogP contribution < -0.4 is 10.4 Å². The lowest BCUT2D eigenvalue weighted by Gasteiger charge is -2.03. The van der Waals surface area contributed by atoms with E-state index >= 15 is 0 Å². The molecule has 0 saturated carbocycles. The third-order valence-corrected chi connectivity index (χ3v) is 2.68. The summed E-state index contributed by atoms with van der Waals surface area (Å²) in [6.07, 6.45) is 2.50. The van der Waals surface area contributed by atoms with E-state index in [-0.39, 0.29) is 23.5 Å². The zero-order valence-electron chi connectivity index (χ0n) is 12.1. The first-order valence-corrected chi connectivity index (χ1v) is 6.60. The Hall–Kier alpha value is -2.89. The van der Waals surface area contributed by atoms with Gasteiger partial charge in [0, 0.05) is 24.5 Å². The standard InChI is InChI=1S/C16H14O6/c1-3-20-15(18)7-5-12-8-11-4-6-13(21-10(2)17)9-14(11)22-16(12)19/h4-9H,3H2,1-2H3/b7-5+. The van der Waals surface area contributed by atoms with Crippen LogP contribution >= 0.6 is 0 Å². The van der Waals surface area contributed by atoms with Crippen LogP contribution in [0.3, 0.4) is 0 Å². The maximum absolute atomic E-state index is 11.9. The highest BCUT2D eigenvalue weighted by Gasteiger charge is 2.06. The summed E-state index contributed by atoms with van der Waals surface area (Å²) in [6, 6.07) is 6.27. The van der Waals surface area contributed by atoms with Crippen molar-refractivity contribution >= 4 is 29.0 Å². The molecule has 0 radical (unpaired) electrons. The highest BCUT2D eigenvalue weighted by Crippen LogP contribution is 2.21. The minimum atomic E-state index is -0.604. The Morgan fingerprint density at radius 1 is 1.27 bits per heavy atom. The van der Waals surface area contributed by atoms with Crippen LogP contribution in [0.15, 0.2) is 39.6 Å². The van der Waals surface area contributed by atoms with Crippen molar-refractivity contribution in [1.82, 2.24) is 0 Å². The highest BCUT2D eigenvalue weighted by molar-refractivity contribution is 5.88. The Morgan fingerprint density at radius 2 is 2.05 bits per heavy atom. The minimum Gasteiger partial charge on any atom is -0.463 e. The number of rotatable bonds is 4. The van der Waals surface area contributed by atoms with Crippen molar-refractivity contribution in [2.75, 3.05) is 6.61 Å². The quantitative estimate of drug-likeness (QED) is 0.373. The Morgan fingerprint density at radius 3 is 2.73 bits per heavy atom. The fraction of sp³-hybridized carbons (Fsp3) is 0.188. The summed E-state index contributed by atoms with van der Waals surface area (Å²) in [5, 5.41) is 0.638. The van der Waals surface area contributed by atoms with Crippen molar-refractivity contribution in [1.29, 1.82) is 0 Å². The van der Waals surface area contributed by atoms with E-state index in [0.717, 1.165) is 6.08 Å². The molecule has 1 aromatic heterocycles. The number of carbonyl (C=O) groups is 2. The molecule has 1 heterocycles. The van der Waals surface area contributed by atoms with E-state index in [4.69, 9.17) is 13.9 Å². The largest absolute Gasteiger partial charge is 0.463 e. The molecule has 6 nitrogen and oxygen atoms in total. The van der Waals surface area contributed by atoms with Crippen LogP contribution in [0.25, 0.3) is 17.0 Å². The lowest BCUT2D eigenvalue weighted by molar-refractivity contribution is -0.137. The molecule has 0 fully saturated rings. The molecule has 1 aromatic carbocycles. The summed E-state index contributed by atoms with van der Waals surface area (Å²) < 4.78 is 14.8. The second kappa shape index (κ2) is 6.71. The zero-order valence-corrected chi connectivity index (χ0v) is 12.1. The molecule has 0 N–H and O–H groups in total. The van der Waals surface area contributed by atoms with Crippen molar-refractivity contribution in [3.05, 3.63) is 46.3 Å². The van der Waals surface area contributed by atoms with Gasteiger partial charge in [0.15, 0.2) is 0 Å². The van der Waals surface area contributed by atoms with E-state index in [1.54, 1.807) is 25.1 Å². The molecular formula is C16H14O6. The average Bonchev–Trinajstić information content (AvgIpc) is 2.44. The molecule has 0 atom stereocenters. The summed E-state index contributed by atoms with van der Waals surface area (Å²) >= 11 is 0. The van der Waals surface area contributed by atoms with E-state index in [9.17, 15) is 14.4 Å². The van der Waals surface area contributed by atoms with Crippen molar-refractivity contribution in [3.8, 4) is 5.75 Å². The van der Waals surface area contributed by atoms with E-state index < -0.39 is 17.6 Å². The Balaban J connectivity index is 2.35. The van der Waals surface area contributed by atoms with Gasteiger partial charge in [-0.15, -0.1) is 0 Å². The van der Waals surface area contributed by atoms with Gasteiger partial charge in [-0.3, -0.25) is 4.79 Å². The molecule has 0 bridgehead atoms. The SMILES string of the molecule is CCOC(=O)/C=C/c1cc2ccc(OC(C)=O)cc2oc1=O. The van der Waals surface area contributed by atoms with Gasteiger partial charge in [0.25, 0.3) is 0 Å². The number of esters is 2. The predicted molar refractivity (Wildman–Crippen MR) is 79.5 cm³/mol. The van der Waals surface area contributed by atoms with Crippen LogP contribution in [0.4, 0.5) is 0 Å². The van der Waals surface area contributed by atoms with Gasteiger partial charge in [-0.05, 0) is 31.2 Å². The van der Waals surface area contributed by atoms with Crippen LogP contribution in [0.1, 0.15) is 19.4 Å². The zero-order chi connectivity index (χ0) is 16.1. The van der Waals surface area contributed by atoms with Crippen LogP contribution in [-0.4, -0.2) is 18.5 Å². The van der Waals surface area contributed by atoms with Crippen molar-refractivity contribution in [3.63, 3.8) is 0 Å². The van der Waals surface area contributed by atoms with Crippen LogP contribution in [0.2, 0.25) is 0 Å². The fourth-order valence-electron chi connectivity index (χ4n) is 1.80. The number of carbonyl (C=O) groups excluding carboxylic acids is 2. The predicted octanol–water partition coefficient (Wildman–Crippen LogP) is 2.29. The van der Waals surface area contributed by atoms with Gasteiger partial charge in [0.05, 0.1) is 12.2 Å². The third-order valence-electron chi connectivity index (χ3n) is 2.68. The Bertz CT molecular complexity index is 800. The molecule has 0 spiro atoms. The van der Waals surface area contributed by atoms with Crippen molar-refractivity contribution < 1.29 is 23.5 Å². The number of fused-ring (bicyclic) bond motifs is 1. The minimum absolute atomic E-state index is 0.223. The van der Waals surface area contributed by atoms with Gasteiger partial charge in [-0.2, -0.15) is 0 Å². The van der Waals surface area contributed by atoms with Gasteiger partial charge >= 0.3 is 17.6 Å². The maximum atomic E-state index is 11.9. The van der Waals surface area contributed by atoms with Crippen molar-refractivity contribution in [2.24, 2.45) is 0 Å². The van der Waals surface area contributed by atoms with E-state index in [1.165, 1.54) is 19.1 Å². The smallest absolute Gasteiger partial charge is 0.343 e. The molecule has 0 aliphatic heterocycles. The molecular weight excluding hydrogens is 288 g/mol. The first-order chi connectivity index (χ1) is 10.5. The molecule has 2 rings (SSSR count). The summed E-state index contributed by atoms with van der Waals surface area (Å²) in [5.74, 6) is -0.708. The Kier molecular flexibility index (Phi) is 4.73. The first kappa shape index (κ1) is 15.5. The van der Waals surface area contributed by atoms with E-state index in [0.29, 0.717) is 5.39 Å². The number of hydrogen-bond donors (Lipinski definition) is 0. The molecule has 0 unspecified atom stereocenters. The highest BCUT2D eigenvalue weighted by atomic mass is 16.5. The van der Waals surface area contributed by atoms with Crippen molar-refractivity contribution in [2.45, 2.75) is 13.8 Å². The normalized spacial score (nSPS) is 10.8. The molecule has 2 aromatic rings. The lowest BCUT2D eigenvalue weighted by Crippen LogP contribution is -2.05. The molecule has 0 aliphatic carbocycles. The first-order valence-electron chi connectivity index (χ1n) is 6.60. The summed E-state index contributed by atoms with van der Waals surface area (Å²) in [6.45, 7) is 3.23. The summed E-state index contributed by atoms with van der Waals surface area (Å²) in [5.41, 5.74) is -0.0918.